The number of carboxylic acids is 1. The number of benzene rings is 1. The lowest BCUT2D eigenvalue weighted by Crippen LogP contribution is -2.19. The highest BCUT2D eigenvalue weighted by Gasteiger charge is 2.28. The van der Waals surface area contributed by atoms with Crippen molar-refractivity contribution in [3.8, 4) is 5.75 Å². The molecule has 0 aliphatic heterocycles. The Kier molecular flexibility index (Phi) is 2.57. The van der Waals surface area contributed by atoms with Gasteiger partial charge in [0.2, 0.25) is 5.43 Å². The molecule has 0 radical (unpaired) electrons. The van der Waals surface area contributed by atoms with Crippen LogP contribution in [0.4, 0.5) is 4.39 Å². The maximum atomic E-state index is 13.7. The standard InChI is InChI=1S/C14H12FNO4/c1-6-10(15)4-8-11(12(6)17)16(7-2-3-7)5-9(13(8)18)14(19)20/h4-5,7,17H,2-3H2,1H3,(H,19,20). The lowest BCUT2D eigenvalue weighted by Gasteiger charge is -2.14. The van der Waals surface area contributed by atoms with Crippen LogP contribution in [0.25, 0.3) is 10.9 Å². The lowest BCUT2D eigenvalue weighted by atomic mass is 10.1. The molecule has 5 nitrogen and oxygen atoms in total. The number of aromatic hydroxyl groups is 1. The van der Waals surface area contributed by atoms with Crippen molar-refractivity contribution >= 4 is 16.9 Å². The molecule has 104 valence electrons. The van der Waals surface area contributed by atoms with Gasteiger partial charge in [-0.3, -0.25) is 4.79 Å². The van der Waals surface area contributed by atoms with Gasteiger partial charge in [0.15, 0.2) is 0 Å². The summed E-state index contributed by atoms with van der Waals surface area (Å²) in [7, 11) is 0. The van der Waals surface area contributed by atoms with E-state index in [1.807, 2.05) is 0 Å². The van der Waals surface area contributed by atoms with E-state index in [9.17, 15) is 19.1 Å². The molecule has 1 fully saturated rings. The number of phenolic OH excluding ortho intramolecular Hbond substituents is 1. The average Bonchev–Trinajstić information content (AvgIpc) is 3.21. The fraction of sp³-hybridized carbons (Fsp3) is 0.286. The van der Waals surface area contributed by atoms with Gasteiger partial charge in [0.05, 0.1) is 10.9 Å². The zero-order chi connectivity index (χ0) is 14.6. The molecule has 2 N–H and O–H groups in total. The van der Waals surface area contributed by atoms with E-state index in [-0.39, 0.29) is 28.3 Å². The van der Waals surface area contributed by atoms with Crippen molar-refractivity contribution in [2.24, 2.45) is 0 Å². The molecule has 1 aromatic heterocycles. The van der Waals surface area contributed by atoms with Gasteiger partial charge in [0, 0.05) is 17.8 Å². The third-order valence-corrected chi connectivity index (χ3v) is 3.65. The number of halogens is 1. The highest BCUT2D eigenvalue weighted by molar-refractivity contribution is 5.94. The molecule has 3 rings (SSSR count). The highest BCUT2D eigenvalue weighted by Crippen LogP contribution is 2.40. The summed E-state index contributed by atoms with van der Waals surface area (Å²) in [5.41, 5.74) is -0.929. The number of carboxylic acid groups (broad SMARTS) is 1. The van der Waals surface area contributed by atoms with Crippen molar-refractivity contribution in [2.45, 2.75) is 25.8 Å². The molecule has 20 heavy (non-hydrogen) atoms. The summed E-state index contributed by atoms with van der Waals surface area (Å²) >= 11 is 0. The molecule has 0 spiro atoms. The predicted octanol–water partition coefficient (Wildman–Crippen LogP) is 2.19. The second-order valence-electron chi connectivity index (χ2n) is 5.04. The van der Waals surface area contributed by atoms with Crippen LogP contribution >= 0.6 is 0 Å². The van der Waals surface area contributed by atoms with E-state index < -0.39 is 22.8 Å². The first-order chi connectivity index (χ1) is 9.41. The van der Waals surface area contributed by atoms with Crippen LogP contribution in [0.2, 0.25) is 0 Å². The molecule has 0 atom stereocenters. The summed E-state index contributed by atoms with van der Waals surface area (Å²) in [6, 6.07) is 1.05. The molecule has 0 bridgehead atoms. The molecular formula is C14H12FNO4. The van der Waals surface area contributed by atoms with Gasteiger partial charge in [-0.2, -0.15) is 0 Å². The summed E-state index contributed by atoms with van der Waals surface area (Å²) in [5, 5.41) is 19.1. The van der Waals surface area contributed by atoms with Crippen LogP contribution in [0, 0.1) is 12.7 Å². The monoisotopic (exact) mass is 277 g/mol. The summed E-state index contributed by atoms with van der Waals surface area (Å²) in [4.78, 5) is 23.2. The smallest absolute Gasteiger partial charge is 0.341 e. The van der Waals surface area contributed by atoms with E-state index in [0.717, 1.165) is 18.9 Å². The van der Waals surface area contributed by atoms with Crippen molar-refractivity contribution in [1.29, 1.82) is 0 Å². The molecule has 1 aliphatic rings. The van der Waals surface area contributed by atoms with Gasteiger partial charge in [-0.05, 0) is 25.8 Å². The Labute approximate surface area is 112 Å². The zero-order valence-corrected chi connectivity index (χ0v) is 10.7. The number of pyridine rings is 1. The third kappa shape index (κ3) is 1.68. The summed E-state index contributed by atoms with van der Waals surface area (Å²) in [6.45, 7) is 1.41. The largest absolute Gasteiger partial charge is 0.505 e. The van der Waals surface area contributed by atoms with Crippen molar-refractivity contribution in [2.75, 3.05) is 0 Å². The van der Waals surface area contributed by atoms with Crippen molar-refractivity contribution in [3.63, 3.8) is 0 Å². The van der Waals surface area contributed by atoms with Crippen LogP contribution in [-0.4, -0.2) is 20.7 Å². The van der Waals surface area contributed by atoms with Gasteiger partial charge in [-0.1, -0.05) is 0 Å². The normalized spacial score (nSPS) is 14.7. The van der Waals surface area contributed by atoms with E-state index in [1.165, 1.54) is 13.1 Å². The van der Waals surface area contributed by atoms with Gasteiger partial charge in [-0.25, -0.2) is 9.18 Å². The van der Waals surface area contributed by atoms with Crippen LogP contribution in [0.3, 0.4) is 0 Å². The topological polar surface area (TPSA) is 79.5 Å². The van der Waals surface area contributed by atoms with Crippen LogP contribution in [0.5, 0.6) is 5.75 Å². The van der Waals surface area contributed by atoms with Crippen LogP contribution < -0.4 is 5.43 Å². The number of fused-ring (bicyclic) bond motifs is 1. The van der Waals surface area contributed by atoms with E-state index in [2.05, 4.69) is 0 Å². The quantitative estimate of drug-likeness (QED) is 0.881. The number of hydrogen-bond acceptors (Lipinski definition) is 3. The minimum absolute atomic E-state index is 0.0481. The van der Waals surface area contributed by atoms with Crippen molar-refractivity contribution < 1.29 is 19.4 Å². The lowest BCUT2D eigenvalue weighted by molar-refractivity contribution is 0.0695. The van der Waals surface area contributed by atoms with E-state index in [1.54, 1.807) is 4.57 Å². The van der Waals surface area contributed by atoms with Crippen LogP contribution in [-0.2, 0) is 0 Å². The minimum Gasteiger partial charge on any atom is -0.505 e. The molecule has 0 unspecified atom stereocenters. The number of hydrogen-bond donors (Lipinski definition) is 2. The van der Waals surface area contributed by atoms with Crippen molar-refractivity contribution in [3.05, 3.63) is 39.4 Å². The van der Waals surface area contributed by atoms with Crippen molar-refractivity contribution in [1.82, 2.24) is 4.57 Å². The summed E-state index contributed by atoms with van der Waals surface area (Å²) < 4.78 is 15.3. The van der Waals surface area contributed by atoms with Crippen LogP contribution in [0.1, 0.15) is 34.8 Å². The number of nitrogens with zero attached hydrogens (tertiary/aromatic N) is 1. The first-order valence-corrected chi connectivity index (χ1v) is 6.22. The molecule has 1 aliphatic carbocycles. The predicted molar refractivity (Wildman–Crippen MR) is 69.8 cm³/mol. The number of rotatable bonds is 2. The maximum absolute atomic E-state index is 13.7. The maximum Gasteiger partial charge on any atom is 0.341 e. The zero-order valence-electron chi connectivity index (χ0n) is 10.7. The fourth-order valence-electron chi connectivity index (χ4n) is 2.36. The SMILES string of the molecule is Cc1c(F)cc2c(=O)c(C(=O)O)cn(C3CC3)c2c1O. The van der Waals surface area contributed by atoms with Gasteiger partial charge in [-0.15, -0.1) is 0 Å². The molecular weight excluding hydrogens is 265 g/mol. The van der Waals surface area contributed by atoms with Crippen LogP contribution in [0.15, 0.2) is 17.1 Å². The Bertz CT molecular complexity index is 805. The molecule has 1 heterocycles. The molecule has 1 saturated carbocycles. The third-order valence-electron chi connectivity index (χ3n) is 3.65. The number of phenols is 1. The molecule has 6 heteroatoms. The van der Waals surface area contributed by atoms with Gasteiger partial charge in [0.25, 0.3) is 0 Å². The average molecular weight is 277 g/mol. The second kappa shape index (κ2) is 4.06. The van der Waals surface area contributed by atoms with E-state index in [4.69, 9.17) is 5.11 Å². The van der Waals surface area contributed by atoms with Gasteiger partial charge < -0.3 is 14.8 Å². The summed E-state index contributed by atoms with van der Waals surface area (Å²) in [6.07, 6.45) is 2.92. The first-order valence-electron chi connectivity index (χ1n) is 6.22. The highest BCUT2D eigenvalue weighted by atomic mass is 19.1. The number of carbonyl (C=O) groups is 1. The fourth-order valence-corrected chi connectivity index (χ4v) is 2.36. The minimum atomic E-state index is -1.35. The molecule has 1 aromatic carbocycles. The summed E-state index contributed by atoms with van der Waals surface area (Å²) in [5.74, 6) is -2.38. The Hall–Kier alpha value is -2.37. The Morgan fingerprint density at radius 3 is 2.65 bits per heavy atom. The second-order valence-corrected chi connectivity index (χ2v) is 5.04. The number of aromatic nitrogens is 1. The molecule has 2 aromatic rings. The van der Waals surface area contributed by atoms with Gasteiger partial charge >= 0.3 is 5.97 Å². The van der Waals surface area contributed by atoms with Gasteiger partial charge in [0.1, 0.15) is 17.1 Å². The Balaban J connectivity index is 2.52. The Morgan fingerprint density at radius 1 is 1.45 bits per heavy atom. The van der Waals surface area contributed by atoms with E-state index in [0.29, 0.717) is 0 Å². The number of aromatic carboxylic acids is 1. The Morgan fingerprint density at radius 2 is 2.10 bits per heavy atom. The first kappa shape index (κ1) is 12.7. The molecule has 0 amide bonds. The molecule has 0 saturated heterocycles. The van der Waals surface area contributed by atoms with E-state index >= 15 is 0 Å².